The standard InChI is InChI=1S/C17H18F3N3O5S/c1-16(2)14(24)23(15(25)22(16)7-4-8-28-29(3,26)27)12-6-5-11(10-21)13(9-12)17(18,19)20/h5-6,9H,4,7-8H2,1-3H3. The van der Waals surface area contributed by atoms with Gasteiger partial charge in [0.25, 0.3) is 16.0 Å². The van der Waals surface area contributed by atoms with Crippen LogP contribution < -0.4 is 4.90 Å². The lowest BCUT2D eigenvalue weighted by Gasteiger charge is -2.27. The average Bonchev–Trinajstić information content (AvgIpc) is 2.75. The molecule has 0 saturated carbocycles. The van der Waals surface area contributed by atoms with Gasteiger partial charge in [0.1, 0.15) is 5.54 Å². The van der Waals surface area contributed by atoms with Crippen molar-refractivity contribution < 1.29 is 35.4 Å². The summed E-state index contributed by atoms with van der Waals surface area (Å²) in [4.78, 5) is 27.3. The van der Waals surface area contributed by atoms with E-state index in [2.05, 4.69) is 4.18 Å². The Balaban J connectivity index is 2.32. The quantitative estimate of drug-likeness (QED) is 0.388. The van der Waals surface area contributed by atoms with Crippen molar-refractivity contribution in [1.29, 1.82) is 5.26 Å². The lowest BCUT2D eigenvalue weighted by atomic mass is 10.0. The fourth-order valence-electron chi connectivity index (χ4n) is 2.87. The Morgan fingerprint density at radius 2 is 1.86 bits per heavy atom. The number of rotatable bonds is 6. The van der Waals surface area contributed by atoms with Crippen LogP contribution in [0.3, 0.4) is 0 Å². The van der Waals surface area contributed by atoms with Crippen LogP contribution in [0.5, 0.6) is 0 Å². The molecule has 0 spiro atoms. The van der Waals surface area contributed by atoms with Crippen LogP contribution in [-0.4, -0.2) is 50.2 Å². The number of carbonyl (C=O) groups is 2. The van der Waals surface area contributed by atoms with Gasteiger partial charge in [-0.25, -0.2) is 9.69 Å². The summed E-state index contributed by atoms with van der Waals surface area (Å²) in [5.74, 6) is -0.746. The zero-order valence-corrected chi connectivity index (χ0v) is 16.6. The summed E-state index contributed by atoms with van der Waals surface area (Å²) in [6.07, 6.45) is -3.89. The van der Waals surface area contributed by atoms with E-state index in [9.17, 15) is 31.2 Å². The van der Waals surface area contributed by atoms with Crippen LogP contribution >= 0.6 is 0 Å². The number of imide groups is 1. The molecule has 1 fully saturated rings. The fourth-order valence-corrected chi connectivity index (χ4v) is 3.30. The predicted octanol–water partition coefficient (Wildman–Crippen LogP) is 2.49. The summed E-state index contributed by atoms with van der Waals surface area (Å²) in [6.45, 7) is 2.59. The van der Waals surface area contributed by atoms with Crippen LogP contribution in [0.4, 0.5) is 23.7 Å². The van der Waals surface area contributed by atoms with Gasteiger partial charge in [0.2, 0.25) is 0 Å². The number of halogens is 3. The molecule has 29 heavy (non-hydrogen) atoms. The van der Waals surface area contributed by atoms with Crippen molar-refractivity contribution in [3.05, 3.63) is 29.3 Å². The number of nitrogens with zero attached hydrogens (tertiary/aromatic N) is 3. The van der Waals surface area contributed by atoms with Crippen LogP contribution in [0.2, 0.25) is 0 Å². The molecule has 12 heteroatoms. The Labute approximate surface area is 165 Å². The number of urea groups is 1. The monoisotopic (exact) mass is 433 g/mol. The first kappa shape index (κ1) is 22.6. The number of amides is 3. The molecule has 1 saturated heterocycles. The SMILES string of the molecule is CC1(C)C(=O)N(c2ccc(C#N)c(C(F)(F)F)c2)C(=O)N1CCCOS(C)(=O)=O. The molecular formula is C17H18F3N3O5S. The minimum Gasteiger partial charge on any atom is -0.310 e. The van der Waals surface area contributed by atoms with Gasteiger partial charge in [-0.2, -0.15) is 26.9 Å². The summed E-state index contributed by atoms with van der Waals surface area (Å²) in [5.41, 5.74) is -3.56. The highest BCUT2D eigenvalue weighted by molar-refractivity contribution is 7.85. The molecular weight excluding hydrogens is 415 g/mol. The summed E-state index contributed by atoms with van der Waals surface area (Å²) >= 11 is 0. The Bertz CT molecular complexity index is 983. The van der Waals surface area contributed by atoms with Crippen LogP contribution in [0.1, 0.15) is 31.4 Å². The summed E-state index contributed by atoms with van der Waals surface area (Å²) in [7, 11) is -3.67. The van der Waals surface area contributed by atoms with Gasteiger partial charge in [-0.05, 0) is 38.5 Å². The van der Waals surface area contributed by atoms with Gasteiger partial charge in [-0.1, -0.05) is 0 Å². The summed E-state index contributed by atoms with van der Waals surface area (Å²) in [6, 6.07) is 3.16. The molecule has 1 heterocycles. The molecule has 2 rings (SSSR count). The summed E-state index contributed by atoms with van der Waals surface area (Å²) < 4.78 is 66.2. The van der Waals surface area contributed by atoms with Gasteiger partial charge in [0, 0.05) is 6.54 Å². The first-order chi connectivity index (χ1) is 13.2. The second-order valence-corrected chi connectivity index (χ2v) is 8.50. The first-order valence-electron chi connectivity index (χ1n) is 8.32. The van der Waals surface area contributed by atoms with Gasteiger partial charge in [0.05, 0.1) is 35.7 Å². The zero-order chi connectivity index (χ0) is 22.2. The molecule has 0 bridgehead atoms. The van der Waals surface area contributed by atoms with Crippen molar-refractivity contribution in [3.63, 3.8) is 0 Å². The van der Waals surface area contributed by atoms with Gasteiger partial charge >= 0.3 is 12.2 Å². The lowest BCUT2D eigenvalue weighted by Crippen LogP contribution is -2.44. The third-order valence-corrected chi connectivity index (χ3v) is 4.93. The Morgan fingerprint density at radius 1 is 1.24 bits per heavy atom. The van der Waals surface area contributed by atoms with Crippen molar-refractivity contribution in [3.8, 4) is 6.07 Å². The van der Waals surface area contributed by atoms with Crippen LogP contribution in [-0.2, 0) is 25.3 Å². The van der Waals surface area contributed by atoms with E-state index in [0.29, 0.717) is 11.0 Å². The second-order valence-electron chi connectivity index (χ2n) is 6.85. The van der Waals surface area contributed by atoms with Gasteiger partial charge in [-0.3, -0.25) is 8.98 Å². The first-order valence-corrected chi connectivity index (χ1v) is 10.1. The molecule has 0 N–H and O–H groups in total. The van der Waals surface area contributed by atoms with Crippen LogP contribution in [0.15, 0.2) is 18.2 Å². The van der Waals surface area contributed by atoms with E-state index in [0.717, 1.165) is 23.3 Å². The van der Waals surface area contributed by atoms with E-state index in [1.807, 2.05) is 0 Å². The van der Waals surface area contributed by atoms with Crippen molar-refractivity contribution >= 4 is 27.7 Å². The van der Waals surface area contributed by atoms with Crippen LogP contribution in [0.25, 0.3) is 0 Å². The minimum atomic E-state index is -4.84. The number of benzene rings is 1. The van der Waals surface area contributed by atoms with Crippen molar-refractivity contribution in [2.45, 2.75) is 32.0 Å². The molecule has 1 aromatic carbocycles. The molecule has 0 atom stereocenters. The molecule has 1 aromatic rings. The smallest absolute Gasteiger partial charge is 0.310 e. The number of nitriles is 1. The number of hydrogen-bond acceptors (Lipinski definition) is 6. The third-order valence-electron chi connectivity index (χ3n) is 4.33. The molecule has 8 nitrogen and oxygen atoms in total. The molecule has 1 aliphatic heterocycles. The Kier molecular flexibility index (Phi) is 5.97. The molecule has 1 aliphatic rings. The van der Waals surface area contributed by atoms with Gasteiger partial charge in [-0.15, -0.1) is 0 Å². The third kappa shape index (κ3) is 4.68. The molecule has 158 valence electrons. The van der Waals surface area contributed by atoms with Gasteiger partial charge in [0.15, 0.2) is 0 Å². The zero-order valence-electron chi connectivity index (χ0n) is 15.8. The Morgan fingerprint density at radius 3 is 2.38 bits per heavy atom. The number of alkyl halides is 3. The van der Waals surface area contributed by atoms with Crippen molar-refractivity contribution in [2.24, 2.45) is 0 Å². The lowest BCUT2D eigenvalue weighted by molar-refractivity contribution is -0.137. The highest BCUT2D eigenvalue weighted by atomic mass is 32.2. The molecule has 0 unspecified atom stereocenters. The number of hydrogen-bond donors (Lipinski definition) is 0. The summed E-state index contributed by atoms with van der Waals surface area (Å²) in [5, 5.41) is 8.88. The van der Waals surface area contributed by atoms with E-state index in [1.54, 1.807) is 0 Å². The largest absolute Gasteiger partial charge is 0.417 e. The topological polar surface area (TPSA) is 108 Å². The van der Waals surface area contributed by atoms with Crippen LogP contribution in [0, 0.1) is 11.3 Å². The van der Waals surface area contributed by atoms with E-state index < -0.39 is 44.9 Å². The van der Waals surface area contributed by atoms with E-state index in [1.165, 1.54) is 19.9 Å². The van der Waals surface area contributed by atoms with E-state index in [-0.39, 0.29) is 25.3 Å². The van der Waals surface area contributed by atoms with Crippen molar-refractivity contribution in [1.82, 2.24) is 4.90 Å². The highest BCUT2D eigenvalue weighted by Gasteiger charge is 2.51. The highest BCUT2D eigenvalue weighted by Crippen LogP contribution is 2.37. The predicted molar refractivity (Wildman–Crippen MR) is 95.2 cm³/mol. The normalized spacial score (nSPS) is 17.0. The maximum absolute atomic E-state index is 13.2. The Hall–Kier alpha value is -2.65. The number of anilines is 1. The average molecular weight is 433 g/mol. The molecule has 0 aliphatic carbocycles. The number of carbonyl (C=O) groups excluding carboxylic acids is 2. The maximum Gasteiger partial charge on any atom is 0.417 e. The molecule has 0 aromatic heterocycles. The van der Waals surface area contributed by atoms with E-state index in [4.69, 9.17) is 5.26 Å². The van der Waals surface area contributed by atoms with Crippen molar-refractivity contribution in [2.75, 3.05) is 24.3 Å². The maximum atomic E-state index is 13.2. The van der Waals surface area contributed by atoms with Gasteiger partial charge < -0.3 is 4.90 Å². The minimum absolute atomic E-state index is 0.0496. The molecule has 3 amide bonds. The molecule has 0 radical (unpaired) electrons. The second kappa shape index (κ2) is 7.64. The fraction of sp³-hybridized carbons (Fsp3) is 0.471. The van der Waals surface area contributed by atoms with E-state index >= 15 is 0 Å².